The number of hydrogen-bond acceptors (Lipinski definition) is 5. The number of nitro groups is 1. The summed E-state index contributed by atoms with van der Waals surface area (Å²) in [6.07, 6.45) is 2.90. The van der Waals surface area contributed by atoms with Gasteiger partial charge in [0.1, 0.15) is 0 Å². The summed E-state index contributed by atoms with van der Waals surface area (Å²) >= 11 is 9.16. The number of hydrogen-bond donors (Lipinski definition) is 0. The van der Waals surface area contributed by atoms with Crippen LogP contribution in [0.25, 0.3) is 10.9 Å². The molecule has 0 atom stereocenters. The van der Waals surface area contributed by atoms with Crippen LogP contribution in [0.5, 0.6) is 5.75 Å². The van der Waals surface area contributed by atoms with E-state index < -0.39 is 4.92 Å². The smallest absolute Gasteiger partial charge is 0.271 e. The lowest BCUT2D eigenvalue weighted by Gasteiger charge is -2.12. The highest BCUT2D eigenvalue weighted by atomic mass is 79.9. The quantitative estimate of drug-likeness (QED) is 0.367. The maximum absolute atomic E-state index is 12.1. The zero-order valence-electron chi connectivity index (χ0n) is 11.9. The lowest BCUT2D eigenvalue weighted by molar-refractivity contribution is -0.385. The number of non-ortho nitro benzene ring substituents is 1. The van der Waals surface area contributed by atoms with E-state index in [4.69, 9.17) is 11.6 Å². The predicted molar refractivity (Wildman–Crippen MR) is 94.2 cm³/mol. The van der Waals surface area contributed by atoms with E-state index in [2.05, 4.69) is 25.9 Å². The van der Waals surface area contributed by atoms with Gasteiger partial charge in [0.05, 0.1) is 21.2 Å². The van der Waals surface area contributed by atoms with Gasteiger partial charge in [0.2, 0.25) is 0 Å². The van der Waals surface area contributed by atoms with E-state index in [0.29, 0.717) is 16.2 Å². The molecule has 0 unspecified atom stereocenters. The van der Waals surface area contributed by atoms with Crippen LogP contribution in [0, 0.1) is 10.1 Å². The molecule has 6 nitrogen and oxygen atoms in total. The van der Waals surface area contributed by atoms with Gasteiger partial charge in [-0.05, 0) is 29.8 Å². The van der Waals surface area contributed by atoms with Crippen LogP contribution < -0.4 is 5.11 Å². The Balaban J connectivity index is 2.10. The van der Waals surface area contributed by atoms with Crippen molar-refractivity contribution in [3.05, 3.63) is 67.8 Å². The van der Waals surface area contributed by atoms with Gasteiger partial charge in [0.15, 0.2) is 0 Å². The van der Waals surface area contributed by atoms with Crippen molar-refractivity contribution < 1.29 is 10.0 Å². The summed E-state index contributed by atoms with van der Waals surface area (Å²) < 4.78 is 0.109. The van der Waals surface area contributed by atoms with Crippen LogP contribution in [-0.2, 0) is 0 Å². The number of aliphatic imine (C=N–C) groups is 1. The van der Waals surface area contributed by atoms with Gasteiger partial charge >= 0.3 is 0 Å². The Hall–Kier alpha value is -2.51. The van der Waals surface area contributed by atoms with Crippen molar-refractivity contribution in [2.75, 3.05) is 0 Å². The summed E-state index contributed by atoms with van der Waals surface area (Å²) in [4.78, 5) is 18.9. The maximum atomic E-state index is 12.1. The Kier molecular flexibility index (Phi) is 4.46. The fourth-order valence-corrected chi connectivity index (χ4v) is 2.85. The van der Waals surface area contributed by atoms with Crippen molar-refractivity contribution in [2.24, 2.45) is 4.99 Å². The number of pyridine rings is 1. The summed E-state index contributed by atoms with van der Waals surface area (Å²) in [5, 5.41) is 24.3. The molecule has 0 fully saturated rings. The largest absolute Gasteiger partial charge is 0.871 e. The number of nitro benzene ring substituents is 1. The molecule has 1 heterocycles. The second-order valence-corrected chi connectivity index (χ2v) is 6.09. The van der Waals surface area contributed by atoms with E-state index in [1.54, 1.807) is 24.4 Å². The molecule has 0 spiro atoms. The number of aromatic nitrogens is 1. The summed E-state index contributed by atoms with van der Waals surface area (Å²) in [6, 6.07) is 9.27. The van der Waals surface area contributed by atoms with E-state index in [1.165, 1.54) is 18.3 Å². The number of fused-ring (bicyclic) bond motifs is 1. The molecule has 0 bridgehead atoms. The molecule has 3 rings (SSSR count). The molecule has 0 aliphatic carbocycles. The molecule has 8 heteroatoms. The Labute approximate surface area is 149 Å². The van der Waals surface area contributed by atoms with Crippen LogP contribution in [0.2, 0.25) is 5.02 Å². The molecule has 0 aliphatic heterocycles. The molecule has 3 aromatic rings. The molecule has 0 N–H and O–H groups in total. The minimum Gasteiger partial charge on any atom is -0.871 e. The fraction of sp³-hybridized carbons (Fsp3) is 0. The molecular weight excluding hydrogens is 398 g/mol. The van der Waals surface area contributed by atoms with Gasteiger partial charge in [0, 0.05) is 34.4 Å². The maximum Gasteiger partial charge on any atom is 0.271 e. The average Bonchev–Trinajstić information content (AvgIpc) is 2.57. The first-order valence-corrected chi connectivity index (χ1v) is 7.86. The molecule has 120 valence electrons. The predicted octanol–water partition coefficient (Wildman–Crippen LogP) is 4.38. The second kappa shape index (κ2) is 6.54. The van der Waals surface area contributed by atoms with E-state index in [0.717, 1.165) is 5.39 Å². The lowest BCUT2D eigenvalue weighted by Crippen LogP contribution is -1.99. The van der Waals surface area contributed by atoms with Crippen molar-refractivity contribution in [3.63, 3.8) is 0 Å². The fourth-order valence-electron chi connectivity index (χ4n) is 2.17. The van der Waals surface area contributed by atoms with Crippen LogP contribution in [-0.4, -0.2) is 16.1 Å². The normalized spacial score (nSPS) is 11.2. The molecule has 24 heavy (non-hydrogen) atoms. The SMILES string of the molecule is O=[N+]([O-])c1cc(Br)c([O-])c(C=Nc2ccc(Cl)c3cccnc23)c1. The first kappa shape index (κ1) is 16.4. The molecule has 0 aliphatic rings. The van der Waals surface area contributed by atoms with E-state index in [9.17, 15) is 15.2 Å². The van der Waals surface area contributed by atoms with Gasteiger partial charge in [0.25, 0.3) is 5.69 Å². The van der Waals surface area contributed by atoms with E-state index in [1.807, 2.05) is 6.07 Å². The third-order valence-corrected chi connectivity index (χ3v) is 4.22. The molecule has 0 amide bonds. The average molecular weight is 406 g/mol. The highest BCUT2D eigenvalue weighted by molar-refractivity contribution is 9.10. The zero-order valence-corrected chi connectivity index (χ0v) is 14.3. The molecule has 0 saturated heterocycles. The van der Waals surface area contributed by atoms with E-state index in [-0.39, 0.29) is 21.5 Å². The van der Waals surface area contributed by atoms with Gasteiger partial charge in [-0.2, -0.15) is 0 Å². The van der Waals surface area contributed by atoms with Crippen LogP contribution in [0.3, 0.4) is 0 Å². The number of benzene rings is 2. The third-order valence-electron chi connectivity index (χ3n) is 3.31. The molecule has 0 saturated carbocycles. The van der Waals surface area contributed by atoms with Crippen molar-refractivity contribution in [3.8, 4) is 5.75 Å². The summed E-state index contributed by atoms with van der Waals surface area (Å²) in [7, 11) is 0. The van der Waals surface area contributed by atoms with Crippen molar-refractivity contribution in [1.29, 1.82) is 0 Å². The Morgan fingerprint density at radius 1 is 1.29 bits per heavy atom. The topological polar surface area (TPSA) is 91.5 Å². The molecule has 0 radical (unpaired) electrons. The van der Waals surface area contributed by atoms with Crippen molar-refractivity contribution in [1.82, 2.24) is 4.98 Å². The first-order valence-electron chi connectivity index (χ1n) is 6.69. The monoisotopic (exact) mass is 404 g/mol. The summed E-state index contributed by atoms with van der Waals surface area (Å²) in [5.74, 6) is -0.379. The van der Waals surface area contributed by atoms with Gasteiger partial charge in [-0.25, -0.2) is 0 Å². The molecular formula is C16H8BrClN3O3-. The summed E-state index contributed by atoms with van der Waals surface area (Å²) in [5.41, 5.74) is 1.01. The van der Waals surface area contributed by atoms with Gasteiger partial charge in [-0.3, -0.25) is 20.1 Å². The van der Waals surface area contributed by atoms with Gasteiger partial charge in [-0.15, -0.1) is 0 Å². The van der Waals surface area contributed by atoms with Crippen LogP contribution in [0.1, 0.15) is 5.56 Å². The second-order valence-electron chi connectivity index (χ2n) is 4.83. The standard InChI is InChI=1S/C16H9BrClN3O3/c17-12-7-10(21(23)24)6-9(16(12)22)8-20-14-4-3-13(18)11-2-1-5-19-15(11)14/h1-8,22H/p-1. The number of rotatable bonds is 3. The van der Waals surface area contributed by atoms with E-state index >= 15 is 0 Å². The van der Waals surface area contributed by atoms with Crippen LogP contribution in [0.15, 0.2) is 52.1 Å². The third kappa shape index (κ3) is 3.08. The Morgan fingerprint density at radius 3 is 2.83 bits per heavy atom. The number of halogens is 2. The first-order chi connectivity index (χ1) is 11.5. The summed E-state index contributed by atoms with van der Waals surface area (Å²) in [6.45, 7) is 0. The zero-order chi connectivity index (χ0) is 17.3. The lowest BCUT2D eigenvalue weighted by atomic mass is 10.1. The Morgan fingerprint density at radius 2 is 2.08 bits per heavy atom. The minimum absolute atomic E-state index is 0.107. The minimum atomic E-state index is -0.569. The van der Waals surface area contributed by atoms with Gasteiger partial charge in [-0.1, -0.05) is 33.3 Å². The Bertz CT molecular complexity index is 992. The van der Waals surface area contributed by atoms with Crippen molar-refractivity contribution in [2.45, 2.75) is 0 Å². The van der Waals surface area contributed by atoms with Crippen molar-refractivity contribution >= 4 is 56.0 Å². The molecule has 1 aromatic heterocycles. The van der Waals surface area contributed by atoms with Gasteiger partial charge < -0.3 is 5.11 Å². The highest BCUT2D eigenvalue weighted by Crippen LogP contribution is 2.32. The highest BCUT2D eigenvalue weighted by Gasteiger charge is 2.10. The van der Waals surface area contributed by atoms with Crippen LogP contribution >= 0.6 is 27.5 Å². The molecule has 2 aromatic carbocycles. The van der Waals surface area contributed by atoms with Crippen LogP contribution in [0.4, 0.5) is 11.4 Å². The number of nitrogens with zero attached hydrogens (tertiary/aromatic N) is 3.